The second-order valence-corrected chi connectivity index (χ2v) is 6.62. The number of nitrogens with zero attached hydrogens (tertiary/aromatic N) is 1. The third-order valence-electron chi connectivity index (χ3n) is 4.60. The van der Waals surface area contributed by atoms with Crippen molar-refractivity contribution in [2.45, 2.75) is 25.4 Å². The van der Waals surface area contributed by atoms with Crippen LogP contribution in [0, 0.1) is 11.8 Å². The number of amides is 1. The monoisotopic (exact) mass is 309 g/mol. The van der Waals surface area contributed by atoms with Crippen molar-refractivity contribution in [2.75, 3.05) is 19.7 Å². The fourth-order valence-electron chi connectivity index (χ4n) is 3.09. The quantitative estimate of drug-likeness (QED) is 0.929. The van der Waals surface area contributed by atoms with Crippen LogP contribution in [0.3, 0.4) is 0 Å². The minimum Gasteiger partial charge on any atom is -0.484 e. The van der Waals surface area contributed by atoms with Crippen molar-refractivity contribution < 1.29 is 14.6 Å². The summed E-state index contributed by atoms with van der Waals surface area (Å²) in [6, 6.07) is 6.93. The SMILES string of the molecule is CC1CN(C(=O)COc2ccc(Cl)cc2)CC1(O)C1CC1. The standard InChI is InChI=1S/C16H20ClNO3/c1-11-8-18(10-16(11,20)12-2-3-12)15(19)9-21-14-6-4-13(17)5-7-14/h4-7,11-12,20H,2-3,8-10H2,1H3. The van der Waals surface area contributed by atoms with Crippen molar-refractivity contribution in [3.63, 3.8) is 0 Å². The van der Waals surface area contributed by atoms with E-state index in [0.717, 1.165) is 12.8 Å². The number of carbonyl (C=O) groups excluding carboxylic acids is 1. The summed E-state index contributed by atoms with van der Waals surface area (Å²) in [5, 5.41) is 11.3. The highest BCUT2D eigenvalue weighted by atomic mass is 35.5. The van der Waals surface area contributed by atoms with E-state index in [-0.39, 0.29) is 18.4 Å². The zero-order chi connectivity index (χ0) is 15.0. The second-order valence-electron chi connectivity index (χ2n) is 6.18. The molecule has 4 nitrogen and oxygen atoms in total. The summed E-state index contributed by atoms with van der Waals surface area (Å²) in [4.78, 5) is 13.9. The van der Waals surface area contributed by atoms with Gasteiger partial charge in [-0.05, 0) is 43.0 Å². The summed E-state index contributed by atoms with van der Waals surface area (Å²) in [7, 11) is 0. The molecule has 1 aliphatic carbocycles. The van der Waals surface area contributed by atoms with Gasteiger partial charge in [0.2, 0.25) is 0 Å². The van der Waals surface area contributed by atoms with Crippen LogP contribution in [0.25, 0.3) is 0 Å². The average molecular weight is 310 g/mol. The Kier molecular flexibility index (Phi) is 3.84. The number of carbonyl (C=O) groups is 1. The first-order valence-electron chi connectivity index (χ1n) is 7.37. The number of benzene rings is 1. The summed E-state index contributed by atoms with van der Waals surface area (Å²) in [5.41, 5.74) is -0.698. The topological polar surface area (TPSA) is 49.8 Å². The molecule has 2 unspecified atom stereocenters. The predicted octanol–water partition coefficient (Wildman–Crippen LogP) is 2.34. The van der Waals surface area contributed by atoms with Gasteiger partial charge < -0.3 is 14.7 Å². The molecule has 1 aromatic rings. The van der Waals surface area contributed by atoms with Gasteiger partial charge in [-0.1, -0.05) is 18.5 Å². The Hall–Kier alpha value is -1.26. The van der Waals surface area contributed by atoms with Crippen LogP contribution in [-0.2, 0) is 4.79 Å². The molecule has 1 saturated heterocycles. The molecule has 1 heterocycles. The third kappa shape index (κ3) is 3.01. The maximum atomic E-state index is 12.2. The van der Waals surface area contributed by atoms with E-state index in [9.17, 15) is 9.90 Å². The first-order valence-corrected chi connectivity index (χ1v) is 7.75. The normalized spacial score (nSPS) is 28.7. The van der Waals surface area contributed by atoms with Gasteiger partial charge in [0.25, 0.3) is 5.91 Å². The van der Waals surface area contributed by atoms with Gasteiger partial charge in [-0.25, -0.2) is 0 Å². The van der Waals surface area contributed by atoms with Gasteiger partial charge in [0.05, 0.1) is 12.1 Å². The lowest BCUT2D eigenvalue weighted by atomic mass is 9.88. The molecule has 1 aliphatic heterocycles. The molecule has 0 spiro atoms. The summed E-state index contributed by atoms with van der Waals surface area (Å²) >= 11 is 5.80. The summed E-state index contributed by atoms with van der Waals surface area (Å²) in [6.45, 7) is 3.05. The van der Waals surface area contributed by atoms with E-state index in [2.05, 4.69) is 0 Å². The summed E-state index contributed by atoms with van der Waals surface area (Å²) < 4.78 is 5.48. The first kappa shape index (κ1) is 14.7. The Morgan fingerprint density at radius 2 is 2.10 bits per heavy atom. The van der Waals surface area contributed by atoms with Crippen molar-refractivity contribution >= 4 is 17.5 Å². The summed E-state index contributed by atoms with van der Waals surface area (Å²) in [6.07, 6.45) is 2.15. The van der Waals surface area contributed by atoms with Crippen LogP contribution in [0.5, 0.6) is 5.75 Å². The molecule has 21 heavy (non-hydrogen) atoms. The average Bonchev–Trinajstić information content (AvgIpc) is 3.26. The number of aliphatic hydroxyl groups is 1. The largest absolute Gasteiger partial charge is 0.484 e. The van der Waals surface area contributed by atoms with E-state index in [1.165, 1.54) is 0 Å². The van der Waals surface area contributed by atoms with Crippen molar-refractivity contribution in [1.82, 2.24) is 4.90 Å². The number of rotatable bonds is 4. The molecule has 114 valence electrons. The van der Waals surface area contributed by atoms with Gasteiger partial charge in [0.15, 0.2) is 6.61 Å². The van der Waals surface area contributed by atoms with Gasteiger partial charge in [-0.15, -0.1) is 0 Å². The van der Waals surface area contributed by atoms with Crippen LogP contribution in [0.2, 0.25) is 5.02 Å². The Balaban J connectivity index is 1.55. The van der Waals surface area contributed by atoms with Crippen LogP contribution in [0.15, 0.2) is 24.3 Å². The molecule has 3 rings (SSSR count). The van der Waals surface area contributed by atoms with Gasteiger partial charge >= 0.3 is 0 Å². The van der Waals surface area contributed by atoms with Crippen LogP contribution < -0.4 is 4.74 Å². The smallest absolute Gasteiger partial charge is 0.260 e. The lowest BCUT2D eigenvalue weighted by molar-refractivity contribution is -0.133. The predicted molar refractivity (Wildman–Crippen MR) is 80.4 cm³/mol. The zero-order valence-electron chi connectivity index (χ0n) is 12.1. The number of β-amino-alcohol motifs (C(OH)–C–C–N with tert-alkyl or cyclic N) is 1. The highest BCUT2D eigenvalue weighted by Crippen LogP contribution is 2.46. The van der Waals surface area contributed by atoms with Crippen molar-refractivity contribution in [3.05, 3.63) is 29.3 Å². The number of hydrogen-bond donors (Lipinski definition) is 1. The van der Waals surface area contributed by atoms with Crippen LogP contribution in [-0.4, -0.2) is 41.2 Å². The van der Waals surface area contributed by atoms with Crippen molar-refractivity contribution in [2.24, 2.45) is 11.8 Å². The zero-order valence-corrected chi connectivity index (χ0v) is 12.8. The molecule has 5 heteroatoms. The molecule has 1 amide bonds. The maximum Gasteiger partial charge on any atom is 0.260 e. The van der Waals surface area contributed by atoms with Gasteiger partial charge in [-0.3, -0.25) is 4.79 Å². The molecule has 1 aromatic carbocycles. The van der Waals surface area contributed by atoms with Crippen molar-refractivity contribution in [3.8, 4) is 5.75 Å². The number of halogens is 1. The lowest BCUT2D eigenvalue weighted by Crippen LogP contribution is -2.41. The Morgan fingerprint density at radius 1 is 1.43 bits per heavy atom. The molecule has 1 N–H and O–H groups in total. The highest BCUT2D eigenvalue weighted by molar-refractivity contribution is 6.30. The lowest BCUT2D eigenvalue weighted by Gasteiger charge is -2.26. The first-order chi connectivity index (χ1) is 9.99. The number of likely N-dealkylation sites (tertiary alicyclic amines) is 1. The molecular formula is C16H20ClNO3. The Bertz CT molecular complexity index is 529. The van der Waals surface area contributed by atoms with Crippen LogP contribution in [0.4, 0.5) is 0 Å². The molecule has 0 bridgehead atoms. The fourth-order valence-corrected chi connectivity index (χ4v) is 3.21. The molecule has 1 saturated carbocycles. The van der Waals surface area contributed by atoms with Crippen molar-refractivity contribution in [1.29, 1.82) is 0 Å². The molecule has 2 fully saturated rings. The fraction of sp³-hybridized carbons (Fsp3) is 0.562. The summed E-state index contributed by atoms with van der Waals surface area (Å²) in [5.74, 6) is 1.04. The molecule has 0 radical (unpaired) electrons. The van der Waals surface area contributed by atoms with Crippen LogP contribution >= 0.6 is 11.6 Å². The molecular weight excluding hydrogens is 290 g/mol. The second kappa shape index (κ2) is 5.50. The Morgan fingerprint density at radius 3 is 2.71 bits per heavy atom. The van der Waals surface area contributed by atoms with Gasteiger partial charge in [0, 0.05) is 17.5 Å². The van der Waals surface area contributed by atoms with E-state index >= 15 is 0 Å². The number of hydrogen-bond acceptors (Lipinski definition) is 3. The highest BCUT2D eigenvalue weighted by Gasteiger charge is 2.53. The minimum absolute atomic E-state index is 0.00486. The van der Waals surface area contributed by atoms with E-state index < -0.39 is 5.60 Å². The number of ether oxygens (including phenoxy) is 1. The van der Waals surface area contributed by atoms with E-state index in [4.69, 9.17) is 16.3 Å². The van der Waals surface area contributed by atoms with E-state index in [1.54, 1.807) is 29.2 Å². The van der Waals surface area contributed by atoms with E-state index in [1.807, 2.05) is 6.92 Å². The third-order valence-corrected chi connectivity index (χ3v) is 4.86. The Labute approximate surface area is 129 Å². The maximum absolute atomic E-state index is 12.2. The van der Waals surface area contributed by atoms with Gasteiger partial charge in [-0.2, -0.15) is 0 Å². The molecule has 0 aromatic heterocycles. The van der Waals surface area contributed by atoms with Gasteiger partial charge in [0.1, 0.15) is 5.75 Å². The molecule has 2 aliphatic rings. The van der Waals surface area contributed by atoms with Crippen LogP contribution in [0.1, 0.15) is 19.8 Å². The molecule has 2 atom stereocenters. The minimum atomic E-state index is -0.698. The van der Waals surface area contributed by atoms with E-state index in [0.29, 0.717) is 29.8 Å².